The summed E-state index contributed by atoms with van der Waals surface area (Å²) in [6, 6.07) is 5.08. The molecule has 1 aromatic carbocycles. The number of benzene rings is 1. The molecule has 2 rings (SSSR count). The molecule has 0 aliphatic carbocycles. The summed E-state index contributed by atoms with van der Waals surface area (Å²) in [5.41, 5.74) is 0.771. The van der Waals surface area contributed by atoms with Crippen LogP contribution in [0.4, 0.5) is 5.69 Å². The largest absolute Gasteiger partial charge is 0.481 e. The maximum absolute atomic E-state index is 11.9. The number of carbonyl (C=O) groups is 2. The molecule has 0 aliphatic rings. The van der Waals surface area contributed by atoms with Gasteiger partial charge in [0, 0.05) is 10.7 Å². The third-order valence-corrected chi connectivity index (χ3v) is 3.24. The zero-order valence-electron chi connectivity index (χ0n) is 10.6. The number of amides is 1. The van der Waals surface area contributed by atoms with Crippen molar-refractivity contribution in [2.45, 2.75) is 13.0 Å². The van der Waals surface area contributed by atoms with Gasteiger partial charge >= 0.3 is 5.97 Å². The lowest BCUT2D eigenvalue weighted by atomic mass is 10.3. The summed E-state index contributed by atoms with van der Waals surface area (Å²) in [4.78, 5) is 22.4. The Balaban J connectivity index is 1.98. The minimum atomic E-state index is -1.01. The van der Waals surface area contributed by atoms with Gasteiger partial charge in [0.2, 0.25) is 5.91 Å². The fourth-order valence-corrected chi connectivity index (χ4v) is 2.30. The van der Waals surface area contributed by atoms with E-state index in [0.29, 0.717) is 10.7 Å². The van der Waals surface area contributed by atoms with Crippen molar-refractivity contribution >= 4 is 45.1 Å². The van der Waals surface area contributed by atoms with Gasteiger partial charge in [0.25, 0.3) is 0 Å². The van der Waals surface area contributed by atoms with Crippen LogP contribution >= 0.6 is 27.5 Å². The summed E-state index contributed by atoms with van der Waals surface area (Å²) < 4.78 is 2.07. The van der Waals surface area contributed by atoms with Crippen molar-refractivity contribution in [1.29, 1.82) is 0 Å². The van der Waals surface area contributed by atoms with Crippen LogP contribution in [0.2, 0.25) is 5.02 Å². The van der Waals surface area contributed by atoms with E-state index in [-0.39, 0.29) is 24.6 Å². The number of aliphatic carboxylic acids is 1. The Morgan fingerprint density at radius 3 is 2.86 bits per heavy atom. The third-order valence-electron chi connectivity index (χ3n) is 2.43. The second-order valence-corrected chi connectivity index (χ2v) is 5.47. The molecule has 7 nitrogen and oxygen atoms in total. The van der Waals surface area contributed by atoms with Gasteiger partial charge in [0.05, 0.1) is 22.8 Å². The third kappa shape index (κ3) is 4.54. The van der Waals surface area contributed by atoms with E-state index in [4.69, 9.17) is 16.7 Å². The second-order valence-electron chi connectivity index (χ2n) is 4.15. The molecule has 0 spiro atoms. The lowest BCUT2D eigenvalue weighted by Gasteiger charge is -2.07. The van der Waals surface area contributed by atoms with Crippen molar-refractivity contribution in [2.75, 3.05) is 5.32 Å². The molecule has 0 aliphatic heterocycles. The van der Waals surface area contributed by atoms with Gasteiger partial charge in [-0.2, -0.15) is 0 Å². The molecule has 0 saturated heterocycles. The van der Waals surface area contributed by atoms with Gasteiger partial charge in [-0.05, 0) is 18.2 Å². The molecule has 0 fully saturated rings. The SMILES string of the molecule is O=C(O)Cc1cn(CC(=O)Nc2ccc(Br)cc2Cl)nn1. The molecule has 0 bridgehead atoms. The van der Waals surface area contributed by atoms with Crippen molar-refractivity contribution in [3.63, 3.8) is 0 Å². The van der Waals surface area contributed by atoms with Crippen molar-refractivity contribution < 1.29 is 14.7 Å². The van der Waals surface area contributed by atoms with Crippen molar-refractivity contribution in [3.05, 3.63) is 39.6 Å². The quantitative estimate of drug-likeness (QED) is 0.835. The maximum Gasteiger partial charge on any atom is 0.309 e. The van der Waals surface area contributed by atoms with Gasteiger partial charge in [-0.15, -0.1) is 5.10 Å². The van der Waals surface area contributed by atoms with Crippen LogP contribution in [0.3, 0.4) is 0 Å². The van der Waals surface area contributed by atoms with E-state index in [9.17, 15) is 9.59 Å². The van der Waals surface area contributed by atoms with E-state index in [0.717, 1.165) is 4.47 Å². The first-order chi connectivity index (χ1) is 9.94. The lowest BCUT2D eigenvalue weighted by molar-refractivity contribution is -0.136. The highest BCUT2D eigenvalue weighted by Gasteiger charge is 2.10. The number of rotatable bonds is 5. The Morgan fingerprint density at radius 1 is 1.43 bits per heavy atom. The number of aromatic nitrogens is 3. The maximum atomic E-state index is 11.9. The predicted molar refractivity (Wildman–Crippen MR) is 79.1 cm³/mol. The molecule has 1 heterocycles. The number of nitrogens with one attached hydrogen (secondary N) is 1. The molecule has 1 amide bonds. The summed E-state index contributed by atoms with van der Waals surface area (Å²) in [7, 11) is 0. The van der Waals surface area contributed by atoms with Gasteiger partial charge < -0.3 is 10.4 Å². The van der Waals surface area contributed by atoms with Crippen LogP contribution in [0, 0.1) is 0 Å². The molecular weight excluding hydrogens is 364 g/mol. The van der Waals surface area contributed by atoms with E-state index >= 15 is 0 Å². The first-order valence-electron chi connectivity index (χ1n) is 5.80. The summed E-state index contributed by atoms with van der Waals surface area (Å²) in [6.07, 6.45) is 1.18. The van der Waals surface area contributed by atoms with Crippen LogP contribution in [-0.2, 0) is 22.6 Å². The molecular formula is C12H10BrClN4O3. The van der Waals surface area contributed by atoms with Crippen molar-refractivity contribution in [2.24, 2.45) is 0 Å². The Bertz CT molecular complexity index is 689. The van der Waals surface area contributed by atoms with Gasteiger partial charge in [0.1, 0.15) is 6.54 Å². The normalized spacial score (nSPS) is 10.4. The van der Waals surface area contributed by atoms with Gasteiger partial charge in [-0.25, -0.2) is 4.68 Å². The minimum absolute atomic E-state index is 0.0843. The molecule has 2 N–H and O–H groups in total. The molecule has 0 atom stereocenters. The van der Waals surface area contributed by atoms with E-state index in [1.165, 1.54) is 10.9 Å². The second kappa shape index (κ2) is 6.68. The monoisotopic (exact) mass is 372 g/mol. The number of carbonyl (C=O) groups excluding carboxylic acids is 1. The molecule has 21 heavy (non-hydrogen) atoms. The number of hydrogen-bond acceptors (Lipinski definition) is 4. The van der Waals surface area contributed by atoms with E-state index in [1.54, 1.807) is 18.2 Å². The number of carboxylic acids is 1. The van der Waals surface area contributed by atoms with Crippen LogP contribution < -0.4 is 5.32 Å². The zero-order chi connectivity index (χ0) is 15.4. The zero-order valence-corrected chi connectivity index (χ0v) is 12.9. The minimum Gasteiger partial charge on any atom is -0.481 e. The van der Waals surface area contributed by atoms with Crippen LogP contribution in [0.15, 0.2) is 28.9 Å². The summed E-state index contributed by atoms with van der Waals surface area (Å²) in [6.45, 7) is -0.0843. The standard InChI is InChI=1S/C12H10BrClN4O3/c13-7-1-2-10(9(14)3-7)15-11(19)6-18-5-8(16-17-18)4-12(20)21/h1-3,5H,4,6H2,(H,15,19)(H,20,21). The number of anilines is 1. The Labute approximate surface area is 133 Å². The van der Waals surface area contributed by atoms with E-state index in [1.807, 2.05) is 0 Å². The Kier molecular flexibility index (Phi) is 4.92. The smallest absolute Gasteiger partial charge is 0.309 e. The van der Waals surface area contributed by atoms with Gasteiger partial charge in [-0.1, -0.05) is 32.7 Å². The molecule has 0 radical (unpaired) electrons. The fraction of sp³-hybridized carbons (Fsp3) is 0.167. The first-order valence-corrected chi connectivity index (χ1v) is 6.97. The highest BCUT2D eigenvalue weighted by Crippen LogP contribution is 2.25. The highest BCUT2D eigenvalue weighted by atomic mass is 79.9. The molecule has 2 aromatic rings. The molecule has 0 unspecified atom stereocenters. The number of hydrogen-bond donors (Lipinski definition) is 2. The summed E-state index contributed by atoms with van der Waals surface area (Å²) in [5, 5.41) is 19.0. The summed E-state index contributed by atoms with van der Waals surface area (Å²) >= 11 is 9.26. The Hall–Kier alpha value is -1.93. The topological polar surface area (TPSA) is 97.1 Å². The van der Waals surface area contributed by atoms with Crippen LogP contribution in [-0.4, -0.2) is 32.0 Å². The van der Waals surface area contributed by atoms with E-state index < -0.39 is 5.97 Å². The molecule has 0 saturated carbocycles. The first kappa shape index (κ1) is 15.5. The fourth-order valence-electron chi connectivity index (χ4n) is 1.58. The Morgan fingerprint density at radius 2 is 2.19 bits per heavy atom. The summed E-state index contributed by atoms with van der Waals surface area (Å²) in [5.74, 6) is -1.35. The van der Waals surface area contributed by atoms with Crippen LogP contribution in [0.5, 0.6) is 0 Å². The molecule has 110 valence electrons. The number of carboxylic acid groups (broad SMARTS) is 1. The number of nitrogens with zero attached hydrogens (tertiary/aromatic N) is 3. The predicted octanol–water partition coefficient (Wildman–Crippen LogP) is 1.96. The molecule has 1 aromatic heterocycles. The van der Waals surface area contributed by atoms with Crippen molar-refractivity contribution in [1.82, 2.24) is 15.0 Å². The van der Waals surface area contributed by atoms with Crippen molar-refractivity contribution in [3.8, 4) is 0 Å². The van der Waals surface area contributed by atoms with E-state index in [2.05, 4.69) is 31.6 Å². The molecule has 9 heteroatoms. The highest BCUT2D eigenvalue weighted by molar-refractivity contribution is 9.10. The van der Waals surface area contributed by atoms with Crippen LogP contribution in [0.1, 0.15) is 5.69 Å². The lowest BCUT2D eigenvalue weighted by Crippen LogP contribution is -2.19. The average molecular weight is 374 g/mol. The van der Waals surface area contributed by atoms with Crippen LogP contribution in [0.25, 0.3) is 0 Å². The van der Waals surface area contributed by atoms with Gasteiger partial charge in [0.15, 0.2) is 0 Å². The van der Waals surface area contributed by atoms with Gasteiger partial charge in [-0.3, -0.25) is 9.59 Å². The average Bonchev–Trinajstić information content (AvgIpc) is 2.79. The number of halogens is 2.